The van der Waals surface area contributed by atoms with Crippen molar-refractivity contribution in [2.75, 3.05) is 7.11 Å². The van der Waals surface area contributed by atoms with Crippen LogP contribution in [-0.2, 0) is 5.75 Å². The van der Waals surface area contributed by atoms with Gasteiger partial charge in [-0.05, 0) is 65.4 Å². The highest BCUT2D eigenvalue weighted by Gasteiger charge is 2.10. The highest BCUT2D eigenvalue weighted by molar-refractivity contribution is 14.1. The van der Waals surface area contributed by atoms with Crippen LogP contribution >= 0.6 is 34.4 Å². The van der Waals surface area contributed by atoms with Crippen molar-refractivity contribution in [1.82, 2.24) is 9.38 Å². The van der Waals surface area contributed by atoms with Crippen molar-refractivity contribution in [3.8, 4) is 5.75 Å². The van der Waals surface area contributed by atoms with Crippen LogP contribution < -0.4 is 4.74 Å². The second-order valence-electron chi connectivity index (χ2n) is 4.75. The monoisotopic (exact) mass is 410 g/mol. The topological polar surface area (TPSA) is 26.5 Å². The van der Waals surface area contributed by atoms with Crippen LogP contribution in [0.4, 0.5) is 0 Å². The molecule has 3 rings (SSSR count). The molecule has 0 radical (unpaired) electrons. The van der Waals surface area contributed by atoms with Crippen molar-refractivity contribution >= 4 is 40.0 Å². The number of nitrogens with zero attached hydrogens (tertiary/aromatic N) is 2. The maximum absolute atomic E-state index is 5.18. The van der Waals surface area contributed by atoms with E-state index in [1.165, 1.54) is 16.2 Å². The van der Waals surface area contributed by atoms with Gasteiger partial charge in [0.15, 0.2) is 0 Å². The minimum Gasteiger partial charge on any atom is -0.497 e. The maximum Gasteiger partial charge on any atom is 0.138 e. The van der Waals surface area contributed by atoms with Gasteiger partial charge < -0.3 is 9.14 Å². The van der Waals surface area contributed by atoms with Crippen LogP contribution in [0.15, 0.2) is 47.5 Å². The Kier molecular flexibility index (Phi) is 4.40. The molecule has 0 aliphatic carbocycles. The first kappa shape index (κ1) is 14.7. The summed E-state index contributed by atoms with van der Waals surface area (Å²) in [5.41, 5.74) is 3.50. The molecule has 0 unspecified atom stereocenters. The normalized spacial score (nSPS) is 11.0. The van der Waals surface area contributed by atoms with Gasteiger partial charge in [-0.2, -0.15) is 0 Å². The van der Waals surface area contributed by atoms with Crippen LogP contribution in [-0.4, -0.2) is 16.5 Å². The van der Waals surface area contributed by atoms with Crippen LogP contribution in [0, 0.1) is 10.6 Å². The summed E-state index contributed by atoms with van der Waals surface area (Å²) < 4.78 is 8.44. The van der Waals surface area contributed by atoms with Gasteiger partial charge in [-0.3, -0.25) is 0 Å². The van der Waals surface area contributed by atoms with E-state index in [-0.39, 0.29) is 0 Å². The molecule has 2 heterocycles. The molecular formula is C16H15IN2OS. The first-order chi connectivity index (χ1) is 10.2. The van der Waals surface area contributed by atoms with Crippen LogP contribution in [0.25, 0.3) is 5.65 Å². The van der Waals surface area contributed by atoms with Crippen molar-refractivity contribution in [2.24, 2.45) is 0 Å². The predicted molar refractivity (Wildman–Crippen MR) is 95.2 cm³/mol. The number of hydrogen-bond donors (Lipinski definition) is 0. The van der Waals surface area contributed by atoms with Crippen molar-refractivity contribution < 1.29 is 4.74 Å². The Bertz CT molecular complexity index is 768. The van der Waals surface area contributed by atoms with E-state index in [2.05, 4.69) is 69.4 Å². The first-order valence-electron chi connectivity index (χ1n) is 6.57. The number of halogens is 1. The molecule has 21 heavy (non-hydrogen) atoms. The van der Waals surface area contributed by atoms with Crippen LogP contribution in [0.3, 0.4) is 0 Å². The fourth-order valence-corrected chi connectivity index (χ4v) is 3.99. The van der Waals surface area contributed by atoms with Crippen LogP contribution in [0.5, 0.6) is 5.75 Å². The summed E-state index contributed by atoms with van der Waals surface area (Å²) in [6.07, 6.45) is 2.15. The van der Waals surface area contributed by atoms with E-state index in [4.69, 9.17) is 4.74 Å². The average molecular weight is 410 g/mol. The Labute approximate surface area is 141 Å². The Hall–Kier alpha value is -1.21. The van der Waals surface area contributed by atoms with E-state index in [1.807, 2.05) is 23.9 Å². The largest absolute Gasteiger partial charge is 0.497 e. The molecule has 0 saturated heterocycles. The Balaban J connectivity index is 1.84. The van der Waals surface area contributed by atoms with Gasteiger partial charge in [0.2, 0.25) is 0 Å². The van der Waals surface area contributed by atoms with Crippen molar-refractivity contribution in [1.29, 1.82) is 0 Å². The van der Waals surface area contributed by atoms with E-state index in [0.717, 1.165) is 20.9 Å². The summed E-state index contributed by atoms with van der Waals surface area (Å²) in [5.74, 6) is 1.79. The summed E-state index contributed by atoms with van der Waals surface area (Å²) in [6.45, 7) is 2.10. The molecule has 3 aromatic rings. The summed E-state index contributed by atoms with van der Waals surface area (Å²) in [7, 11) is 1.69. The fourth-order valence-electron chi connectivity index (χ4n) is 2.12. The molecule has 0 aliphatic rings. The molecule has 0 bridgehead atoms. The number of aryl methyl sites for hydroxylation is 1. The molecular weight excluding hydrogens is 395 g/mol. The highest BCUT2D eigenvalue weighted by atomic mass is 127. The summed E-state index contributed by atoms with van der Waals surface area (Å²) in [4.78, 5) is 5.84. The van der Waals surface area contributed by atoms with E-state index in [1.54, 1.807) is 7.11 Å². The number of aromatic nitrogens is 2. The predicted octanol–water partition coefficient (Wildman–Crippen LogP) is 4.55. The lowest BCUT2D eigenvalue weighted by Crippen LogP contribution is -1.93. The third-order valence-electron chi connectivity index (χ3n) is 3.25. The van der Waals surface area contributed by atoms with Gasteiger partial charge in [0.05, 0.1) is 12.8 Å². The molecule has 0 saturated carbocycles. The van der Waals surface area contributed by atoms with Gasteiger partial charge in [0, 0.05) is 16.8 Å². The van der Waals surface area contributed by atoms with E-state index < -0.39 is 0 Å². The van der Waals surface area contributed by atoms with Crippen molar-refractivity contribution in [2.45, 2.75) is 17.6 Å². The molecule has 2 aromatic heterocycles. The summed E-state index contributed by atoms with van der Waals surface area (Å²) >= 11 is 4.12. The lowest BCUT2D eigenvalue weighted by molar-refractivity contribution is 0.414. The third-order valence-corrected chi connectivity index (χ3v) is 5.14. The molecule has 3 nitrogen and oxygen atoms in total. The Morgan fingerprint density at radius 3 is 2.67 bits per heavy atom. The van der Waals surface area contributed by atoms with Gasteiger partial charge in [0.25, 0.3) is 0 Å². The standard InChI is InChI=1S/C16H15IN2OS/c1-11-3-8-15-18-16(17)14(19(15)9-11)10-21-13-6-4-12(20-2)5-7-13/h3-9H,10H2,1-2H3. The van der Waals surface area contributed by atoms with E-state index >= 15 is 0 Å². The van der Waals surface area contributed by atoms with Crippen molar-refractivity contribution in [3.63, 3.8) is 0 Å². The molecule has 0 amide bonds. The van der Waals surface area contributed by atoms with Gasteiger partial charge in [-0.1, -0.05) is 6.07 Å². The van der Waals surface area contributed by atoms with Crippen molar-refractivity contribution in [3.05, 3.63) is 57.6 Å². The van der Waals surface area contributed by atoms with Crippen LogP contribution in [0.1, 0.15) is 11.3 Å². The number of pyridine rings is 1. The maximum atomic E-state index is 5.18. The van der Waals surface area contributed by atoms with Gasteiger partial charge in [-0.25, -0.2) is 4.98 Å². The van der Waals surface area contributed by atoms with Gasteiger partial charge in [-0.15, -0.1) is 11.8 Å². The number of rotatable bonds is 4. The quantitative estimate of drug-likeness (QED) is 0.467. The molecule has 0 fully saturated rings. The van der Waals surface area contributed by atoms with Gasteiger partial charge in [0.1, 0.15) is 15.1 Å². The molecule has 0 N–H and O–H groups in total. The molecule has 5 heteroatoms. The summed E-state index contributed by atoms with van der Waals surface area (Å²) in [6, 6.07) is 12.3. The lowest BCUT2D eigenvalue weighted by Gasteiger charge is -2.05. The summed E-state index contributed by atoms with van der Waals surface area (Å²) in [5, 5.41) is 0. The lowest BCUT2D eigenvalue weighted by atomic mass is 10.3. The average Bonchev–Trinajstić information content (AvgIpc) is 2.80. The Morgan fingerprint density at radius 1 is 1.19 bits per heavy atom. The second kappa shape index (κ2) is 6.27. The molecule has 0 aliphatic heterocycles. The minimum atomic E-state index is 0.888. The third kappa shape index (κ3) is 3.18. The number of ether oxygens (including phenoxy) is 1. The number of imidazole rings is 1. The number of hydrogen-bond acceptors (Lipinski definition) is 3. The zero-order valence-corrected chi connectivity index (χ0v) is 14.8. The minimum absolute atomic E-state index is 0.888. The molecule has 1 aromatic carbocycles. The molecule has 108 valence electrons. The number of methoxy groups -OCH3 is 1. The van der Waals surface area contributed by atoms with Crippen LogP contribution in [0.2, 0.25) is 0 Å². The molecule has 0 atom stereocenters. The van der Waals surface area contributed by atoms with Gasteiger partial charge >= 0.3 is 0 Å². The SMILES string of the molecule is COc1ccc(SCc2c(I)nc3ccc(C)cn23)cc1. The zero-order chi connectivity index (χ0) is 14.8. The molecule has 0 spiro atoms. The van der Waals surface area contributed by atoms with E-state index in [0.29, 0.717) is 0 Å². The van der Waals surface area contributed by atoms with E-state index in [9.17, 15) is 0 Å². The zero-order valence-electron chi connectivity index (χ0n) is 11.8. The first-order valence-corrected chi connectivity index (χ1v) is 8.64. The number of fused-ring (bicyclic) bond motifs is 1. The highest BCUT2D eigenvalue weighted by Crippen LogP contribution is 2.27. The number of benzene rings is 1. The fraction of sp³-hybridized carbons (Fsp3) is 0.188. The second-order valence-corrected chi connectivity index (χ2v) is 6.82. The number of thioether (sulfide) groups is 1. The Morgan fingerprint density at radius 2 is 1.95 bits per heavy atom. The smallest absolute Gasteiger partial charge is 0.138 e.